The molecule has 2 N–H and O–H groups in total. The Labute approximate surface area is 181 Å². The number of nitrogens with zero attached hydrogens (tertiary/aromatic N) is 3. The third-order valence-electron chi connectivity index (χ3n) is 6.33. The zero-order valence-electron chi connectivity index (χ0n) is 16.9. The number of nitrogens with one attached hydrogen (secondary N) is 1. The number of rotatable bonds is 4. The van der Waals surface area contributed by atoms with E-state index in [1.165, 1.54) is 6.20 Å². The number of benzene rings is 1. The van der Waals surface area contributed by atoms with Gasteiger partial charge in [0.15, 0.2) is 23.1 Å². The van der Waals surface area contributed by atoms with Crippen LogP contribution in [-0.4, -0.2) is 52.6 Å². The topological polar surface area (TPSA) is 106 Å². The van der Waals surface area contributed by atoms with Gasteiger partial charge in [-0.15, -0.1) is 0 Å². The molecule has 9 nitrogen and oxygen atoms in total. The SMILES string of the molecule is O=C(O)c1cn(Cc2ccc3c(c2)OCO3)c2nc(N3CC4CC3CN4)c(F)cc2c1=O. The third kappa shape index (κ3) is 2.90. The number of hydrogen-bond acceptors (Lipinski definition) is 7. The number of halogens is 1. The van der Waals surface area contributed by atoms with Crippen molar-refractivity contribution in [1.29, 1.82) is 0 Å². The highest BCUT2D eigenvalue weighted by Gasteiger charge is 2.39. The molecule has 0 aliphatic carbocycles. The quantitative estimate of drug-likeness (QED) is 0.632. The van der Waals surface area contributed by atoms with Crippen LogP contribution in [-0.2, 0) is 6.54 Å². The second kappa shape index (κ2) is 6.92. The predicted molar refractivity (Wildman–Crippen MR) is 112 cm³/mol. The molecule has 1 aromatic carbocycles. The molecule has 164 valence electrons. The van der Waals surface area contributed by atoms with E-state index in [1.54, 1.807) is 16.7 Å². The van der Waals surface area contributed by atoms with Gasteiger partial charge in [0.2, 0.25) is 12.2 Å². The maximum atomic E-state index is 15.1. The van der Waals surface area contributed by atoms with Gasteiger partial charge < -0.3 is 29.4 Å². The Balaban J connectivity index is 1.50. The van der Waals surface area contributed by atoms with Crippen molar-refractivity contribution in [2.24, 2.45) is 0 Å². The van der Waals surface area contributed by atoms with Crippen LogP contribution in [0.1, 0.15) is 22.3 Å². The van der Waals surface area contributed by atoms with Gasteiger partial charge in [0.25, 0.3) is 0 Å². The summed E-state index contributed by atoms with van der Waals surface area (Å²) in [6, 6.07) is 6.94. The summed E-state index contributed by atoms with van der Waals surface area (Å²) in [4.78, 5) is 30.9. The van der Waals surface area contributed by atoms with Gasteiger partial charge in [-0.05, 0) is 30.2 Å². The second-order valence-corrected chi connectivity index (χ2v) is 8.30. The molecule has 5 heterocycles. The lowest BCUT2D eigenvalue weighted by Crippen LogP contribution is -2.44. The number of hydrogen-bond donors (Lipinski definition) is 2. The van der Waals surface area contributed by atoms with Crippen molar-refractivity contribution >= 4 is 22.8 Å². The van der Waals surface area contributed by atoms with Gasteiger partial charge in [-0.3, -0.25) is 4.79 Å². The Morgan fingerprint density at radius 2 is 2.12 bits per heavy atom. The van der Waals surface area contributed by atoms with Crippen molar-refractivity contribution in [3.05, 3.63) is 57.6 Å². The Morgan fingerprint density at radius 3 is 2.88 bits per heavy atom. The van der Waals surface area contributed by atoms with Gasteiger partial charge in [-0.2, -0.15) is 0 Å². The third-order valence-corrected chi connectivity index (χ3v) is 6.33. The lowest BCUT2D eigenvalue weighted by molar-refractivity contribution is 0.0695. The molecule has 2 aromatic heterocycles. The van der Waals surface area contributed by atoms with Crippen LogP contribution in [0, 0.1) is 5.82 Å². The Bertz CT molecular complexity index is 1340. The zero-order valence-corrected chi connectivity index (χ0v) is 16.9. The fourth-order valence-electron chi connectivity index (χ4n) is 4.81. The molecule has 2 atom stereocenters. The zero-order chi connectivity index (χ0) is 22.0. The highest BCUT2D eigenvalue weighted by molar-refractivity contribution is 5.92. The number of carboxylic acids is 1. The second-order valence-electron chi connectivity index (χ2n) is 8.30. The fourth-order valence-corrected chi connectivity index (χ4v) is 4.81. The van der Waals surface area contributed by atoms with Gasteiger partial charge in [-0.1, -0.05) is 6.07 Å². The minimum Gasteiger partial charge on any atom is -0.477 e. The summed E-state index contributed by atoms with van der Waals surface area (Å²) < 4.78 is 27.4. The van der Waals surface area contributed by atoms with Crippen LogP contribution in [0.25, 0.3) is 11.0 Å². The number of piperazine rings is 1. The van der Waals surface area contributed by atoms with E-state index in [4.69, 9.17) is 9.47 Å². The van der Waals surface area contributed by atoms with Crippen molar-refractivity contribution in [3.63, 3.8) is 0 Å². The van der Waals surface area contributed by atoms with Gasteiger partial charge in [-0.25, -0.2) is 14.2 Å². The van der Waals surface area contributed by atoms with Crippen LogP contribution >= 0.6 is 0 Å². The average molecular weight is 438 g/mol. The smallest absolute Gasteiger partial charge is 0.341 e. The number of aromatic carboxylic acids is 1. The Hall–Kier alpha value is -3.66. The molecular weight excluding hydrogens is 419 g/mol. The normalized spacial score (nSPS) is 21.0. The summed E-state index contributed by atoms with van der Waals surface area (Å²) in [5, 5.41) is 12.8. The van der Waals surface area contributed by atoms with Crippen molar-refractivity contribution < 1.29 is 23.8 Å². The Morgan fingerprint density at radius 1 is 1.28 bits per heavy atom. The molecule has 3 aliphatic rings. The molecule has 32 heavy (non-hydrogen) atoms. The lowest BCUT2D eigenvalue weighted by Gasteiger charge is -2.29. The molecule has 2 saturated heterocycles. The predicted octanol–water partition coefficient (Wildman–Crippen LogP) is 1.56. The van der Waals surface area contributed by atoms with Crippen LogP contribution < -0.4 is 25.1 Å². The summed E-state index contributed by atoms with van der Waals surface area (Å²) in [7, 11) is 0. The molecule has 2 fully saturated rings. The van der Waals surface area contributed by atoms with Crippen molar-refractivity contribution in [2.75, 3.05) is 24.8 Å². The first kappa shape index (κ1) is 19.1. The first-order valence-electron chi connectivity index (χ1n) is 10.3. The average Bonchev–Trinajstić information content (AvgIpc) is 3.52. The maximum absolute atomic E-state index is 15.1. The number of carbonyl (C=O) groups is 1. The fraction of sp³-hybridized carbons (Fsp3) is 0.318. The summed E-state index contributed by atoms with van der Waals surface area (Å²) in [5.74, 6) is -0.590. The van der Waals surface area contributed by atoms with Gasteiger partial charge in [0, 0.05) is 37.9 Å². The van der Waals surface area contributed by atoms with Gasteiger partial charge in [0.1, 0.15) is 11.2 Å². The highest BCUT2D eigenvalue weighted by Crippen LogP contribution is 2.34. The molecular formula is C22H19FN4O5. The number of fused-ring (bicyclic) bond motifs is 4. The van der Waals surface area contributed by atoms with Crippen LogP contribution in [0.4, 0.5) is 10.2 Å². The van der Waals surface area contributed by atoms with E-state index in [9.17, 15) is 14.7 Å². The van der Waals surface area contributed by atoms with Crippen LogP contribution in [0.15, 0.2) is 35.3 Å². The van der Waals surface area contributed by atoms with Crippen molar-refractivity contribution in [2.45, 2.75) is 25.0 Å². The van der Waals surface area contributed by atoms with Gasteiger partial charge in [0.05, 0.1) is 5.39 Å². The highest BCUT2D eigenvalue weighted by atomic mass is 19.1. The number of ether oxygens (including phenoxy) is 2. The van der Waals surface area contributed by atoms with E-state index in [1.807, 2.05) is 11.0 Å². The Kier molecular flexibility index (Phi) is 4.12. The molecule has 0 radical (unpaired) electrons. The summed E-state index contributed by atoms with van der Waals surface area (Å²) >= 11 is 0. The largest absolute Gasteiger partial charge is 0.477 e. The van der Waals surface area contributed by atoms with E-state index in [2.05, 4.69) is 10.3 Å². The summed E-state index contributed by atoms with van der Waals surface area (Å²) in [6.07, 6.45) is 2.19. The van der Waals surface area contributed by atoms with E-state index in [-0.39, 0.29) is 36.2 Å². The number of anilines is 1. The molecule has 0 saturated carbocycles. The lowest BCUT2D eigenvalue weighted by atomic mass is 10.1. The minimum absolute atomic E-state index is 0.0608. The molecule has 3 aliphatic heterocycles. The summed E-state index contributed by atoms with van der Waals surface area (Å²) in [5.41, 5.74) is -0.147. The van der Waals surface area contributed by atoms with Crippen molar-refractivity contribution in [1.82, 2.24) is 14.9 Å². The molecule has 10 heteroatoms. The molecule has 2 unspecified atom stereocenters. The first-order chi connectivity index (χ1) is 15.5. The molecule has 0 spiro atoms. The standard InChI is InChI=1S/C22H19FN4O5/c23-16-5-14-19(28)15(22(29)30)9-26(7-11-1-2-17-18(3-11)32-10-31-17)20(14)25-21(16)27-8-12-4-13(27)6-24-12/h1-3,5,9,12-13,24H,4,6-8,10H2,(H,29,30). The van der Waals surface area contributed by atoms with Crippen molar-refractivity contribution in [3.8, 4) is 11.5 Å². The van der Waals surface area contributed by atoms with E-state index < -0.39 is 22.8 Å². The molecule has 6 rings (SSSR count). The maximum Gasteiger partial charge on any atom is 0.341 e. The van der Waals surface area contributed by atoms with E-state index >= 15 is 4.39 Å². The van der Waals surface area contributed by atoms with Crippen LogP contribution in [0.5, 0.6) is 11.5 Å². The number of aromatic nitrogens is 2. The van der Waals surface area contributed by atoms with E-state index in [0.717, 1.165) is 24.6 Å². The number of pyridine rings is 2. The van der Waals surface area contributed by atoms with Crippen LogP contribution in [0.3, 0.4) is 0 Å². The molecule has 0 amide bonds. The molecule has 3 aromatic rings. The molecule has 2 bridgehead atoms. The monoisotopic (exact) mass is 438 g/mol. The van der Waals surface area contributed by atoms with E-state index in [0.29, 0.717) is 24.1 Å². The first-order valence-corrected chi connectivity index (χ1v) is 10.3. The van der Waals surface area contributed by atoms with Crippen LogP contribution in [0.2, 0.25) is 0 Å². The van der Waals surface area contributed by atoms with Gasteiger partial charge >= 0.3 is 5.97 Å². The minimum atomic E-state index is -1.37. The number of carboxylic acid groups (broad SMARTS) is 1. The summed E-state index contributed by atoms with van der Waals surface area (Å²) in [6.45, 7) is 1.75.